The van der Waals surface area contributed by atoms with Gasteiger partial charge in [-0.05, 0) is 51.1 Å². The van der Waals surface area contributed by atoms with Gasteiger partial charge in [0.05, 0.1) is 6.54 Å². The van der Waals surface area contributed by atoms with E-state index in [4.69, 9.17) is 0 Å². The third kappa shape index (κ3) is 4.96. The summed E-state index contributed by atoms with van der Waals surface area (Å²) in [6.45, 7) is 4.00. The number of rotatable bonds is 6. The second-order valence-corrected chi connectivity index (χ2v) is 7.27. The van der Waals surface area contributed by atoms with Gasteiger partial charge < -0.3 is 15.5 Å². The predicted molar refractivity (Wildman–Crippen MR) is 85.2 cm³/mol. The molecular weight excluding hydrogens is 262 g/mol. The van der Waals surface area contributed by atoms with E-state index in [0.717, 1.165) is 18.5 Å². The quantitative estimate of drug-likeness (QED) is 0.735. The second-order valence-electron chi connectivity index (χ2n) is 7.27. The molecule has 3 fully saturated rings. The van der Waals surface area contributed by atoms with Crippen LogP contribution in [-0.2, 0) is 4.79 Å². The predicted octanol–water partition coefficient (Wildman–Crippen LogP) is 1.90. The van der Waals surface area contributed by atoms with Crippen molar-refractivity contribution in [3.8, 4) is 0 Å². The van der Waals surface area contributed by atoms with E-state index < -0.39 is 0 Å². The van der Waals surface area contributed by atoms with Crippen LogP contribution in [0.2, 0.25) is 0 Å². The molecule has 3 rings (SSSR count). The van der Waals surface area contributed by atoms with Crippen LogP contribution < -0.4 is 10.6 Å². The van der Waals surface area contributed by atoms with Crippen LogP contribution in [-0.4, -0.2) is 49.1 Å². The molecule has 0 aromatic carbocycles. The highest BCUT2D eigenvalue weighted by molar-refractivity contribution is 5.78. The lowest BCUT2D eigenvalue weighted by Gasteiger charge is -2.17. The summed E-state index contributed by atoms with van der Waals surface area (Å²) in [6, 6.07) is 1.33. The first-order chi connectivity index (χ1) is 10.3. The molecule has 1 atom stereocenters. The molecule has 2 aliphatic carbocycles. The molecule has 1 aliphatic heterocycles. The van der Waals surface area contributed by atoms with E-state index in [2.05, 4.69) is 15.5 Å². The van der Waals surface area contributed by atoms with Crippen molar-refractivity contribution in [1.82, 2.24) is 15.5 Å². The smallest absolute Gasteiger partial charge is 0.234 e. The van der Waals surface area contributed by atoms with Gasteiger partial charge in [-0.15, -0.1) is 0 Å². The maximum atomic E-state index is 12.0. The van der Waals surface area contributed by atoms with Gasteiger partial charge in [-0.2, -0.15) is 0 Å². The van der Waals surface area contributed by atoms with Crippen molar-refractivity contribution in [3.05, 3.63) is 0 Å². The average Bonchev–Trinajstić information content (AvgIpc) is 3.26. The van der Waals surface area contributed by atoms with Gasteiger partial charge >= 0.3 is 0 Å². The number of nitrogens with zero attached hydrogens (tertiary/aromatic N) is 1. The molecule has 4 heteroatoms. The minimum Gasteiger partial charge on any atom is -0.352 e. The summed E-state index contributed by atoms with van der Waals surface area (Å²) in [4.78, 5) is 14.6. The number of carbonyl (C=O) groups excluding carboxylic acids is 1. The summed E-state index contributed by atoms with van der Waals surface area (Å²) in [5.74, 6) is 0.940. The summed E-state index contributed by atoms with van der Waals surface area (Å²) in [5, 5.41) is 6.58. The lowest BCUT2D eigenvalue weighted by molar-refractivity contribution is -0.121. The number of hydrogen-bond donors (Lipinski definition) is 2. The fraction of sp³-hybridized carbons (Fsp3) is 0.941. The van der Waals surface area contributed by atoms with Crippen molar-refractivity contribution in [2.24, 2.45) is 5.92 Å². The number of nitrogens with one attached hydrogen (secondary N) is 2. The van der Waals surface area contributed by atoms with E-state index in [1.54, 1.807) is 0 Å². The van der Waals surface area contributed by atoms with E-state index in [1.165, 1.54) is 70.9 Å². The van der Waals surface area contributed by atoms with E-state index in [1.807, 2.05) is 0 Å². The number of carbonyl (C=O) groups is 1. The Morgan fingerprint density at radius 1 is 1.00 bits per heavy atom. The largest absolute Gasteiger partial charge is 0.352 e. The summed E-state index contributed by atoms with van der Waals surface area (Å²) in [5.41, 5.74) is 0. The van der Waals surface area contributed by atoms with Crippen molar-refractivity contribution < 1.29 is 4.79 Å². The number of amides is 1. The Morgan fingerprint density at radius 3 is 2.48 bits per heavy atom. The van der Waals surface area contributed by atoms with Gasteiger partial charge in [-0.25, -0.2) is 0 Å². The Kier molecular flexibility index (Phi) is 5.53. The van der Waals surface area contributed by atoms with Gasteiger partial charge in [0.1, 0.15) is 0 Å². The SMILES string of the molecule is O=C(CNCC1CCN(C2CC2)C1)NC1CCCCCC1. The highest BCUT2D eigenvalue weighted by Crippen LogP contribution is 2.31. The zero-order valence-electron chi connectivity index (χ0n) is 13.3. The van der Waals surface area contributed by atoms with Crippen molar-refractivity contribution >= 4 is 5.91 Å². The normalized spacial score (nSPS) is 28.5. The summed E-state index contributed by atoms with van der Waals surface area (Å²) < 4.78 is 0. The van der Waals surface area contributed by atoms with Crippen LogP contribution in [0, 0.1) is 5.92 Å². The topological polar surface area (TPSA) is 44.4 Å². The van der Waals surface area contributed by atoms with Crippen LogP contribution in [0.25, 0.3) is 0 Å². The molecule has 0 aromatic rings. The van der Waals surface area contributed by atoms with E-state index in [9.17, 15) is 4.79 Å². The molecule has 4 nitrogen and oxygen atoms in total. The van der Waals surface area contributed by atoms with Gasteiger partial charge in [0, 0.05) is 18.6 Å². The highest BCUT2D eigenvalue weighted by Gasteiger charge is 2.34. The first kappa shape index (κ1) is 15.3. The minimum atomic E-state index is 0.193. The van der Waals surface area contributed by atoms with Crippen molar-refractivity contribution in [2.45, 2.75) is 69.9 Å². The summed E-state index contributed by atoms with van der Waals surface area (Å²) >= 11 is 0. The Morgan fingerprint density at radius 2 is 1.76 bits per heavy atom. The Balaban J connectivity index is 1.27. The molecule has 1 unspecified atom stereocenters. The number of hydrogen-bond acceptors (Lipinski definition) is 3. The van der Waals surface area contributed by atoms with Crippen LogP contribution in [0.5, 0.6) is 0 Å². The van der Waals surface area contributed by atoms with Crippen molar-refractivity contribution in [2.75, 3.05) is 26.2 Å². The maximum Gasteiger partial charge on any atom is 0.234 e. The van der Waals surface area contributed by atoms with Crippen molar-refractivity contribution in [3.63, 3.8) is 0 Å². The van der Waals surface area contributed by atoms with E-state index in [0.29, 0.717) is 12.6 Å². The second kappa shape index (κ2) is 7.59. The Labute approximate surface area is 129 Å². The fourth-order valence-electron chi connectivity index (χ4n) is 3.89. The molecule has 21 heavy (non-hydrogen) atoms. The summed E-state index contributed by atoms with van der Waals surface area (Å²) in [6.07, 6.45) is 11.7. The molecule has 2 saturated carbocycles. The number of likely N-dealkylation sites (tertiary alicyclic amines) is 1. The molecular formula is C17H31N3O. The highest BCUT2D eigenvalue weighted by atomic mass is 16.1. The monoisotopic (exact) mass is 293 g/mol. The third-order valence-corrected chi connectivity index (χ3v) is 5.32. The first-order valence-electron chi connectivity index (χ1n) is 9.05. The van der Waals surface area contributed by atoms with Crippen LogP contribution in [0.15, 0.2) is 0 Å². The standard InChI is InChI=1S/C17H31N3O/c21-17(19-15-5-3-1-2-4-6-15)12-18-11-14-9-10-20(13-14)16-7-8-16/h14-16,18H,1-13H2,(H,19,21). The molecule has 2 N–H and O–H groups in total. The minimum absolute atomic E-state index is 0.193. The lowest BCUT2D eigenvalue weighted by atomic mass is 10.1. The zero-order valence-corrected chi connectivity index (χ0v) is 13.3. The molecule has 0 bridgehead atoms. The van der Waals surface area contributed by atoms with Gasteiger partial charge in [0.2, 0.25) is 5.91 Å². The van der Waals surface area contributed by atoms with Gasteiger partial charge in [0.15, 0.2) is 0 Å². The molecule has 1 amide bonds. The first-order valence-corrected chi connectivity index (χ1v) is 9.05. The fourth-order valence-corrected chi connectivity index (χ4v) is 3.89. The van der Waals surface area contributed by atoms with Gasteiger partial charge in [0.25, 0.3) is 0 Å². The van der Waals surface area contributed by atoms with Crippen LogP contribution in [0.3, 0.4) is 0 Å². The Bertz CT molecular complexity index is 335. The van der Waals surface area contributed by atoms with E-state index in [-0.39, 0.29) is 5.91 Å². The molecule has 0 spiro atoms. The Hall–Kier alpha value is -0.610. The molecule has 1 saturated heterocycles. The molecule has 0 radical (unpaired) electrons. The third-order valence-electron chi connectivity index (χ3n) is 5.32. The average molecular weight is 293 g/mol. The van der Waals surface area contributed by atoms with Crippen LogP contribution in [0.4, 0.5) is 0 Å². The van der Waals surface area contributed by atoms with Crippen molar-refractivity contribution in [1.29, 1.82) is 0 Å². The van der Waals surface area contributed by atoms with E-state index >= 15 is 0 Å². The molecule has 0 aromatic heterocycles. The lowest BCUT2D eigenvalue weighted by Crippen LogP contribution is -2.41. The zero-order chi connectivity index (χ0) is 14.5. The van der Waals surface area contributed by atoms with Gasteiger partial charge in [-0.1, -0.05) is 25.7 Å². The summed E-state index contributed by atoms with van der Waals surface area (Å²) in [7, 11) is 0. The molecule has 1 heterocycles. The molecule has 120 valence electrons. The molecule has 3 aliphatic rings. The van der Waals surface area contributed by atoms with Crippen LogP contribution in [0.1, 0.15) is 57.8 Å². The van der Waals surface area contributed by atoms with Crippen LogP contribution >= 0.6 is 0 Å². The maximum absolute atomic E-state index is 12.0. The van der Waals surface area contributed by atoms with Gasteiger partial charge in [-0.3, -0.25) is 4.79 Å².